The fraction of sp³-hybridized carbons (Fsp3) is 0.429. The quantitative estimate of drug-likeness (QED) is 0.775. The number of benzene rings is 1. The second kappa shape index (κ2) is 5.51. The van der Waals surface area contributed by atoms with Crippen LogP contribution in [-0.4, -0.2) is 40.3 Å². The van der Waals surface area contributed by atoms with Crippen LogP contribution in [0.5, 0.6) is 0 Å². The van der Waals surface area contributed by atoms with Crippen LogP contribution in [0.2, 0.25) is 0 Å². The number of hydrogen-bond donors (Lipinski definition) is 0. The van der Waals surface area contributed by atoms with Crippen molar-refractivity contribution in [3.05, 3.63) is 35.7 Å². The number of para-hydroxylation sites is 1. The van der Waals surface area contributed by atoms with Crippen molar-refractivity contribution in [2.75, 3.05) is 19.1 Å². The molecule has 0 spiro atoms. The van der Waals surface area contributed by atoms with E-state index in [0.717, 1.165) is 24.4 Å². The smallest absolute Gasteiger partial charge is 0.339 e. The number of anilines is 1. The molecule has 110 valence electrons. The van der Waals surface area contributed by atoms with Gasteiger partial charge in [0.2, 0.25) is 0 Å². The highest BCUT2D eigenvalue weighted by atomic mass is 16.5. The summed E-state index contributed by atoms with van der Waals surface area (Å²) < 4.78 is 6.70. The molecule has 1 fully saturated rings. The molecule has 0 saturated heterocycles. The van der Waals surface area contributed by atoms with Crippen molar-refractivity contribution in [1.29, 1.82) is 0 Å². The number of esters is 1. The Morgan fingerprint density at radius 3 is 2.90 bits per heavy atom. The van der Waals surface area contributed by atoms with Gasteiger partial charge in [-0.25, -0.2) is 9.48 Å². The lowest BCUT2D eigenvalue weighted by molar-refractivity contribution is 0.0601. The summed E-state index contributed by atoms with van der Waals surface area (Å²) in [6, 6.07) is 7.78. The van der Waals surface area contributed by atoms with Gasteiger partial charge in [0, 0.05) is 7.05 Å². The third-order valence-corrected chi connectivity index (χ3v) is 3.55. The minimum absolute atomic E-state index is 0.348. The maximum Gasteiger partial charge on any atom is 0.339 e. The van der Waals surface area contributed by atoms with Crippen LogP contribution >= 0.6 is 0 Å². The van der Waals surface area contributed by atoms with Crippen molar-refractivity contribution in [1.82, 2.24) is 20.2 Å². The maximum absolute atomic E-state index is 11.8. The summed E-state index contributed by atoms with van der Waals surface area (Å²) in [5.74, 6) is 0.457. The summed E-state index contributed by atoms with van der Waals surface area (Å²) in [5, 5.41) is 11.9. The van der Waals surface area contributed by atoms with Gasteiger partial charge >= 0.3 is 5.97 Å². The maximum atomic E-state index is 11.8. The van der Waals surface area contributed by atoms with Crippen LogP contribution in [0.3, 0.4) is 0 Å². The Hall–Kier alpha value is -2.44. The Morgan fingerprint density at radius 1 is 1.43 bits per heavy atom. The molecule has 0 N–H and O–H groups in total. The number of carbonyl (C=O) groups is 1. The Bertz CT molecular complexity index is 650. The molecule has 2 aromatic rings. The zero-order valence-corrected chi connectivity index (χ0v) is 12.1. The molecule has 0 atom stereocenters. The van der Waals surface area contributed by atoms with E-state index in [0.29, 0.717) is 18.2 Å². The molecular weight excluding hydrogens is 270 g/mol. The van der Waals surface area contributed by atoms with Crippen molar-refractivity contribution in [3.8, 4) is 0 Å². The van der Waals surface area contributed by atoms with Crippen molar-refractivity contribution in [2.24, 2.45) is 0 Å². The van der Waals surface area contributed by atoms with Gasteiger partial charge in [0.25, 0.3) is 0 Å². The highest BCUT2D eigenvalue weighted by Gasteiger charge is 2.28. The Labute approximate surface area is 122 Å². The lowest BCUT2D eigenvalue weighted by Crippen LogP contribution is -2.22. The first-order valence-electron chi connectivity index (χ1n) is 6.86. The molecule has 0 aliphatic heterocycles. The molecule has 0 unspecified atom stereocenters. The molecule has 1 saturated carbocycles. The average Bonchev–Trinajstić information content (AvgIpc) is 3.26. The van der Waals surface area contributed by atoms with Gasteiger partial charge in [-0.05, 0) is 35.4 Å². The zero-order chi connectivity index (χ0) is 14.8. The molecule has 7 heteroatoms. The number of nitrogens with zero attached hydrogens (tertiary/aromatic N) is 5. The first-order valence-corrected chi connectivity index (χ1v) is 6.86. The van der Waals surface area contributed by atoms with E-state index in [1.54, 1.807) is 6.07 Å². The number of methoxy groups -OCH3 is 1. The van der Waals surface area contributed by atoms with Gasteiger partial charge in [0.15, 0.2) is 5.82 Å². The van der Waals surface area contributed by atoms with E-state index in [1.165, 1.54) is 7.11 Å². The third kappa shape index (κ3) is 2.72. The van der Waals surface area contributed by atoms with Crippen LogP contribution in [0.4, 0.5) is 5.69 Å². The van der Waals surface area contributed by atoms with E-state index < -0.39 is 0 Å². The van der Waals surface area contributed by atoms with Crippen molar-refractivity contribution >= 4 is 11.7 Å². The first kappa shape index (κ1) is 13.5. The zero-order valence-electron chi connectivity index (χ0n) is 12.1. The van der Waals surface area contributed by atoms with Gasteiger partial charge < -0.3 is 9.64 Å². The van der Waals surface area contributed by atoms with E-state index in [-0.39, 0.29) is 5.97 Å². The number of ether oxygens (including phenoxy) is 1. The van der Waals surface area contributed by atoms with Gasteiger partial charge in [-0.2, -0.15) is 0 Å². The molecule has 0 bridgehead atoms. The number of tetrazole rings is 1. The van der Waals surface area contributed by atoms with E-state index in [2.05, 4.69) is 15.5 Å². The fourth-order valence-corrected chi connectivity index (χ4v) is 2.31. The normalized spacial score (nSPS) is 14.0. The van der Waals surface area contributed by atoms with E-state index in [9.17, 15) is 4.79 Å². The Morgan fingerprint density at radius 2 is 2.19 bits per heavy atom. The van der Waals surface area contributed by atoms with Crippen molar-refractivity contribution in [3.63, 3.8) is 0 Å². The third-order valence-electron chi connectivity index (χ3n) is 3.55. The molecular formula is C14H17N5O2. The molecule has 21 heavy (non-hydrogen) atoms. The van der Waals surface area contributed by atoms with Crippen molar-refractivity contribution in [2.45, 2.75) is 25.4 Å². The predicted octanol–water partition coefficient (Wildman–Crippen LogP) is 1.43. The molecule has 0 radical (unpaired) electrons. The summed E-state index contributed by atoms with van der Waals surface area (Å²) in [6.45, 7) is 0.539. The predicted molar refractivity (Wildman–Crippen MR) is 76.0 cm³/mol. The molecule has 7 nitrogen and oxygen atoms in total. The van der Waals surface area contributed by atoms with Gasteiger partial charge in [-0.15, -0.1) is 5.10 Å². The lowest BCUT2D eigenvalue weighted by Gasteiger charge is -2.21. The summed E-state index contributed by atoms with van der Waals surface area (Å²) in [4.78, 5) is 13.8. The number of aromatic nitrogens is 4. The van der Waals surface area contributed by atoms with Crippen LogP contribution in [0.25, 0.3) is 0 Å². The summed E-state index contributed by atoms with van der Waals surface area (Å²) >= 11 is 0. The van der Waals surface area contributed by atoms with Gasteiger partial charge in [0.1, 0.15) is 0 Å². The number of hydrogen-bond acceptors (Lipinski definition) is 6. The second-order valence-electron chi connectivity index (χ2n) is 5.14. The van der Waals surface area contributed by atoms with Gasteiger partial charge in [-0.1, -0.05) is 12.1 Å². The molecule has 1 heterocycles. The van der Waals surface area contributed by atoms with E-state index in [1.807, 2.05) is 34.8 Å². The topological polar surface area (TPSA) is 73.1 Å². The highest BCUT2D eigenvalue weighted by Crippen LogP contribution is 2.34. The SMILES string of the molecule is COC(=O)c1ccccc1N(C)Cc1nnnn1C1CC1. The summed E-state index contributed by atoms with van der Waals surface area (Å²) in [5.41, 5.74) is 1.34. The summed E-state index contributed by atoms with van der Waals surface area (Å²) in [6.07, 6.45) is 2.25. The standard InChI is InChI=1S/C14H17N5O2/c1-18(9-13-15-16-17-19(13)10-7-8-10)12-6-4-3-5-11(12)14(20)21-2/h3-6,10H,7-9H2,1-2H3. The number of carbonyl (C=O) groups excluding carboxylic acids is 1. The number of rotatable bonds is 5. The lowest BCUT2D eigenvalue weighted by atomic mass is 10.1. The fourth-order valence-electron chi connectivity index (χ4n) is 2.31. The average molecular weight is 287 g/mol. The van der Waals surface area contributed by atoms with Crippen molar-refractivity contribution < 1.29 is 9.53 Å². The first-order chi connectivity index (χ1) is 10.2. The van der Waals surface area contributed by atoms with E-state index >= 15 is 0 Å². The van der Waals surface area contributed by atoms with Crippen LogP contribution in [0, 0.1) is 0 Å². The van der Waals surface area contributed by atoms with Gasteiger partial charge in [-0.3, -0.25) is 0 Å². The molecule has 0 amide bonds. The van der Waals surface area contributed by atoms with Gasteiger partial charge in [0.05, 0.1) is 30.9 Å². The Kier molecular flexibility index (Phi) is 3.55. The second-order valence-corrected chi connectivity index (χ2v) is 5.14. The van der Waals surface area contributed by atoms with Crippen LogP contribution in [0.15, 0.2) is 24.3 Å². The van der Waals surface area contributed by atoms with E-state index in [4.69, 9.17) is 4.74 Å². The Balaban J connectivity index is 1.83. The summed E-state index contributed by atoms with van der Waals surface area (Å²) in [7, 11) is 3.29. The molecule has 1 aromatic carbocycles. The minimum atomic E-state index is -0.348. The van der Waals surface area contributed by atoms with Crippen LogP contribution < -0.4 is 4.90 Å². The molecule has 1 aliphatic carbocycles. The van der Waals surface area contributed by atoms with Crippen LogP contribution in [-0.2, 0) is 11.3 Å². The monoisotopic (exact) mass is 287 g/mol. The molecule has 1 aliphatic rings. The largest absolute Gasteiger partial charge is 0.465 e. The highest BCUT2D eigenvalue weighted by molar-refractivity contribution is 5.95. The molecule has 1 aromatic heterocycles. The molecule has 3 rings (SSSR count). The van der Waals surface area contributed by atoms with Crippen LogP contribution in [0.1, 0.15) is 35.1 Å². The minimum Gasteiger partial charge on any atom is -0.465 e.